The second kappa shape index (κ2) is 8.79. The van der Waals surface area contributed by atoms with E-state index in [2.05, 4.69) is 0 Å². The lowest BCUT2D eigenvalue weighted by Crippen LogP contribution is -2.34. The summed E-state index contributed by atoms with van der Waals surface area (Å²) in [6.07, 6.45) is 0. The van der Waals surface area contributed by atoms with Crippen LogP contribution in [0.2, 0.25) is 0 Å². The molecule has 0 bridgehead atoms. The van der Waals surface area contributed by atoms with E-state index in [1.54, 1.807) is 60.5 Å². The minimum Gasteiger partial charge on any atom is -0.496 e. The molecule has 1 aliphatic heterocycles. The van der Waals surface area contributed by atoms with Crippen molar-refractivity contribution >= 4 is 23.1 Å². The number of imide groups is 1. The number of aliphatic hydroxyl groups is 1. The number of aliphatic hydroxyl groups excluding tert-OH is 1. The van der Waals surface area contributed by atoms with Gasteiger partial charge in [0.15, 0.2) is 0 Å². The Morgan fingerprint density at radius 3 is 2.34 bits per heavy atom. The van der Waals surface area contributed by atoms with Crippen molar-refractivity contribution in [2.24, 2.45) is 0 Å². The summed E-state index contributed by atoms with van der Waals surface area (Å²) in [5.41, 5.74) is 1.45. The first kappa shape index (κ1) is 20.4. The van der Waals surface area contributed by atoms with Crippen LogP contribution in [0.3, 0.4) is 0 Å². The van der Waals surface area contributed by atoms with Crippen LogP contribution in [0.4, 0.5) is 5.69 Å². The lowest BCUT2D eigenvalue weighted by atomic mass is 10.0. The van der Waals surface area contributed by atoms with E-state index in [-0.39, 0.29) is 24.4 Å². The number of methoxy groups -OCH3 is 1. The molecule has 0 saturated heterocycles. The third kappa shape index (κ3) is 3.82. The van der Waals surface area contributed by atoms with E-state index in [1.807, 2.05) is 6.92 Å². The molecule has 0 radical (unpaired) electrons. The van der Waals surface area contributed by atoms with Gasteiger partial charge in [-0.3, -0.25) is 9.59 Å². The summed E-state index contributed by atoms with van der Waals surface area (Å²) in [6, 6.07) is 13.9. The van der Waals surface area contributed by atoms with Crippen molar-refractivity contribution in [2.75, 3.05) is 38.8 Å². The number of anilines is 1. The Labute approximate surface area is 169 Å². The van der Waals surface area contributed by atoms with Crippen LogP contribution in [0.25, 0.3) is 5.57 Å². The van der Waals surface area contributed by atoms with Crippen molar-refractivity contribution in [3.8, 4) is 11.5 Å². The number of likely N-dealkylation sites (N-methyl/N-ethyl adjacent to an activating group) is 1. The van der Waals surface area contributed by atoms with Crippen LogP contribution in [0.1, 0.15) is 12.5 Å². The SMILES string of the molecule is CCOc1ccc(N2C(=O)C(c3ccccc3OC)=C(N(C)CCO)C2=O)cc1. The molecule has 0 aliphatic carbocycles. The van der Waals surface area contributed by atoms with Crippen LogP contribution in [-0.2, 0) is 9.59 Å². The third-order valence-corrected chi connectivity index (χ3v) is 4.66. The van der Waals surface area contributed by atoms with Crippen molar-refractivity contribution in [1.82, 2.24) is 4.90 Å². The topological polar surface area (TPSA) is 79.3 Å². The molecule has 0 unspecified atom stereocenters. The van der Waals surface area contributed by atoms with E-state index >= 15 is 0 Å². The smallest absolute Gasteiger partial charge is 0.282 e. The lowest BCUT2D eigenvalue weighted by Gasteiger charge is -2.20. The van der Waals surface area contributed by atoms with Gasteiger partial charge < -0.3 is 19.5 Å². The number of amides is 2. The highest BCUT2D eigenvalue weighted by Gasteiger charge is 2.42. The van der Waals surface area contributed by atoms with E-state index in [4.69, 9.17) is 9.47 Å². The van der Waals surface area contributed by atoms with Crippen LogP contribution in [0, 0.1) is 0 Å². The number of rotatable bonds is 8. The van der Waals surface area contributed by atoms with Gasteiger partial charge in [-0.1, -0.05) is 18.2 Å². The lowest BCUT2D eigenvalue weighted by molar-refractivity contribution is -0.120. The molecule has 0 aromatic heterocycles. The highest BCUT2D eigenvalue weighted by atomic mass is 16.5. The van der Waals surface area contributed by atoms with Crippen LogP contribution < -0.4 is 14.4 Å². The van der Waals surface area contributed by atoms with E-state index in [0.29, 0.717) is 29.4 Å². The van der Waals surface area contributed by atoms with Crippen LogP contribution in [0.5, 0.6) is 11.5 Å². The van der Waals surface area contributed by atoms with Gasteiger partial charge in [0.25, 0.3) is 11.8 Å². The van der Waals surface area contributed by atoms with Gasteiger partial charge in [0, 0.05) is 19.2 Å². The fourth-order valence-corrected chi connectivity index (χ4v) is 3.32. The fraction of sp³-hybridized carbons (Fsp3) is 0.273. The second-order valence-corrected chi connectivity index (χ2v) is 6.44. The first-order valence-electron chi connectivity index (χ1n) is 9.34. The Morgan fingerprint density at radius 1 is 1.03 bits per heavy atom. The van der Waals surface area contributed by atoms with Crippen LogP contribution in [0.15, 0.2) is 54.2 Å². The maximum Gasteiger partial charge on any atom is 0.282 e. The number of carbonyl (C=O) groups is 2. The van der Waals surface area contributed by atoms with Gasteiger partial charge in [-0.15, -0.1) is 0 Å². The quantitative estimate of drug-likeness (QED) is 0.690. The standard InChI is InChI=1S/C22H24N2O5/c1-4-29-16-11-9-15(10-12-16)24-21(26)19(17-7-5-6-8-18(17)28-3)20(22(24)27)23(2)13-14-25/h5-12,25H,4,13-14H2,1-3H3. The van der Waals surface area contributed by atoms with E-state index in [1.165, 1.54) is 7.11 Å². The van der Waals surface area contributed by atoms with Crippen molar-refractivity contribution in [1.29, 1.82) is 0 Å². The molecule has 152 valence electrons. The Bertz CT molecular complexity index is 936. The summed E-state index contributed by atoms with van der Waals surface area (Å²) >= 11 is 0. The minimum absolute atomic E-state index is 0.149. The molecule has 1 aliphatic rings. The average Bonchev–Trinajstić information content (AvgIpc) is 2.99. The number of hydrogen-bond acceptors (Lipinski definition) is 6. The molecule has 7 heteroatoms. The zero-order chi connectivity index (χ0) is 21.0. The molecule has 0 spiro atoms. The van der Waals surface area contributed by atoms with Gasteiger partial charge in [-0.2, -0.15) is 0 Å². The molecule has 2 aromatic rings. The summed E-state index contributed by atoms with van der Waals surface area (Å²) in [7, 11) is 3.19. The zero-order valence-electron chi connectivity index (χ0n) is 16.7. The molecule has 29 heavy (non-hydrogen) atoms. The maximum atomic E-state index is 13.4. The van der Waals surface area contributed by atoms with Gasteiger partial charge in [0.05, 0.1) is 31.6 Å². The van der Waals surface area contributed by atoms with Gasteiger partial charge >= 0.3 is 0 Å². The molecule has 1 heterocycles. The van der Waals surface area contributed by atoms with Crippen molar-refractivity contribution in [3.63, 3.8) is 0 Å². The molecule has 3 rings (SSSR count). The monoisotopic (exact) mass is 396 g/mol. The molecule has 0 fully saturated rings. The van der Waals surface area contributed by atoms with E-state index < -0.39 is 11.8 Å². The molecule has 1 N–H and O–H groups in total. The molecule has 0 saturated carbocycles. The van der Waals surface area contributed by atoms with Crippen LogP contribution >= 0.6 is 0 Å². The van der Waals surface area contributed by atoms with E-state index in [9.17, 15) is 14.7 Å². The second-order valence-electron chi connectivity index (χ2n) is 6.44. The summed E-state index contributed by atoms with van der Waals surface area (Å²) in [4.78, 5) is 29.4. The summed E-state index contributed by atoms with van der Waals surface area (Å²) in [5, 5.41) is 9.36. The average molecular weight is 396 g/mol. The highest BCUT2D eigenvalue weighted by molar-refractivity contribution is 6.45. The maximum absolute atomic E-state index is 13.4. The first-order chi connectivity index (χ1) is 14.0. The zero-order valence-corrected chi connectivity index (χ0v) is 16.7. The Hall–Kier alpha value is -3.32. The van der Waals surface area contributed by atoms with E-state index in [0.717, 1.165) is 4.90 Å². The number of carbonyl (C=O) groups excluding carboxylic acids is 2. The molecular weight excluding hydrogens is 372 g/mol. The third-order valence-electron chi connectivity index (χ3n) is 4.66. The minimum atomic E-state index is -0.448. The number of hydrogen-bond donors (Lipinski definition) is 1. The van der Waals surface area contributed by atoms with Gasteiger partial charge in [-0.25, -0.2) is 4.90 Å². The Kier molecular flexibility index (Phi) is 6.19. The summed E-state index contributed by atoms with van der Waals surface area (Å²) in [5.74, 6) is 0.262. The largest absolute Gasteiger partial charge is 0.496 e. The molecule has 0 atom stereocenters. The Morgan fingerprint density at radius 2 is 1.72 bits per heavy atom. The highest BCUT2D eigenvalue weighted by Crippen LogP contribution is 2.38. The van der Waals surface area contributed by atoms with Crippen molar-refractivity contribution < 1.29 is 24.2 Å². The number of nitrogens with zero attached hydrogens (tertiary/aromatic N) is 2. The van der Waals surface area contributed by atoms with Gasteiger partial charge in [0.2, 0.25) is 0 Å². The number of benzene rings is 2. The predicted octanol–water partition coefficient (Wildman–Crippen LogP) is 2.30. The van der Waals surface area contributed by atoms with Crippen molar-refractivity contribution in [2.45, 2.75) is 6.92 Å². The molecule has 2 amide bonds. The summed E-state index contributed by atoms with van der Waals surface area (Å²) < 4.78 is 10.9. The molecular formula is C22H24N2O5. The van der Waals surface area contributed by atoms with Gasteiger partial charge in [0.1, 0.15) is 17.2 Å². The number of para-hydroxylation sites is 1. The first-order valence-corrected chi connectivity index (χ1v) is 9.34. The predicted molar refractivity (Wildman–Crippen MR) is 110 cm³/mol. The van der Waals surface area contributed by atoms with Crippen molar-refractivity contribution in [3.05, 3.63) is 59.8 Å². The van der Waals surface area contributed by atoms with Crippen LogP contribution in [-0.4, -0.2) is 55.7 Å². The molecule has 2 aromatic carbocycles. The molecule has 7 nitrogen and oxygen atoms in total. The van der Waals surface area contributed by atoms with Gasteiger partial charge in [-0.05, 0) is 37.3 Å². The fourth-order valence-electron chi connectivity index (χ4n) is 3.32. The normalized spacial score (nSPS) is 13.9. The summed E-state index contributed by atoms with van der Waals surface area (Å²) in [6.45, 7) is 2.47. The Balaban J connectivity index is 2.09. The number of ether oxygens (including phenoxy) is 2.